The summed E-state index contributed by atoms with van der Waals surface area (Å²) in [6.45, 7) is 0.627. The highest BCUT2D eigenvalue weighted by Gasteiger charge is 1.86. The van der Waals surface area contributed by atoms with Gasteiger partial charge < -0.3 is 5.73 Å². The van der Waals surface area contributed by atoms with Crippen molar-refractivity contribution >= 4 is 23.0 Å². The highest BCUT2D eigenvalue weighted by Crippen LogP contribution is 1.96. The SMILES string of the molecule is NCc1cccc(P)c1.[B]. The second kappa shape index (κ2) is 4.48. The quantitative estimate of drug-likeness (QED) is 0.451. The van der Waals surface area contributed by atoms with Crippen LogP contribution in [0.5, 0.6) is 0 Å². The summed E-state index contributed by atoms with van der Waals surface area (Å²) in [5, 5.41) is 1.19. The molecule has 0 amide bonds. The summed E-state index contributed by atoms with van der Waals surface area (Å²) in [6.07, 6.45) is 0. The molecule has 0 aliphatic heterocycles. The monoisotopic (exact) mass is 150 g/mol. The van der Waals surface area contributed by atoms with E-state index in [0.717, 1.165) is 0 Å². The van der Waals surface area contributed by atoms with Crippen LogP contribution in [0.25, 0.3) is 0 Å². The van der Waals surface area contributed by atoms with Crippen molar-refractivity contribution < 1.29 is 0 Å². The van der Waals surface area contributed by atoms with E-state index >= 15 is 0 Å². The fraction of sp³-hybridized carbons (Fsp3) is 0.143. The third kappa shape index (κ3) is 2.51. The van der Waals surface area contributed by atoms with Gasteiger partial charge in [0, 0.05) is 15.0 Å². The second-order valence-corrected chi connectivity index (χ2v) is 2.62. The molecule has 0 aliphatic rings. The normalized spacial score (nSPS) is 8.60. The van der Waals surface area contributed by atoms with Gasteiger partial charge in [-0.2, -0.15) is 0 Å². The van der Waals surface area contributed by atoms with Gasteiger partial charge in [-0.3, -0.25) is 0 Å². The van der Waals surface area contributed by atoms with Crippen LogP contribution in [-0.2, 0) is 6.54 Å². The third-order valence-corrected chi connectivity index (χ3v) is 1.55. The summed E-state index contributed by atoms with van der Waals surface area (Å²) in [7, 11) is 2.64. The first-order valence-corrected chi connectivity index (χ1v) is 3.45. The van der Waals surface area contributed by atoms with Crippen LogP contribution in [0.2, 0.25) is 0 Å². The Morgan fingerprint density at radius 2 is 2.10 bits per heavy atom. The van der Waals surface area contributed by atoms with Gasteiger partial charge >= 0.3 is 0 Å². The van der Waals surface area contributed by atoms with E-state index in [4.69, 9.17) is 5.73 Å². The Morgan fingerprint density at radius 3 is 2.50 bits per heavy atom. The zero-order chi connectivity index (χ0) is 6.69. The van der Waals surface area contributed by atoms with E-state index in [1.54, 1.807) is 0 Å². The van der Waals surface area contributed by atoms with Crippen molar-refractivity contribution in [3.8, 4) is 0 Å². The summed E-state index contributed by atoms with van der Waals surface area (Å²) in [4.78, 5) is 0. The van der Waals surface area contributed by atoms with Crippen LogP contribution in [0.4, 0.5) is 0 Å². The fourth-order valence-electron chi connectivity index (χ4n) is 0.720. The molecule has 10 heavy (non-hydrogen) atoms. The molecule has 51 valence electrons. The Hall–Kier alpha value is -0.325. The molecule has 0 spiro atoms. The first kappa shape index (κ1) is 9.67. The summed E-state index contributed by atoms with van der Waals surface area (Å²) in [5.41, 5.74) is 6.59. The van der Waals surface area contributed by atoms with Crippen molar-refractivity contribution in [1.29, 1.82) is 0 Å². The van der Waals surface area contributed by atoms with Gasteiger partial charge in [0.2, 0.25) is 0 Å². The van der Waals surface area contributed by atoms with Crippen molar-refractivity contribution in [3.63, 3.8) is 0 Å². The van der Waals surface area contributed by atoms with Gasteiger partial charge in [0.1, 0.15) is 0 Å². The van der Waals surface area contributed by atoms with Crippen LogP contribution in [0.15, 0.2) is 24.3 Å². The average molecular weight is 150 g/mol. The summed E-state index contributed by atoms with van der Waals surface area (Å²) in [6, 6.07) is 8.12. The standard InChI is InChI=1S/C7H10NP.B/c8-5-6-2-1-3-7(9)4-6;/h1-4H,5,8-9H2;. The van der Waals surface area contributed by atoms with Crippen molar-refractivity contribution in [2.45, 2.75) is 6.54 Å². The van der Waals surface area contributed by atoms with Crippen molar-refractivity contribution in [2.24, 2.45) is 5.73 Å². The molecule has 0 aliphatic carbocycles. The maximum absolute atomic E-state index is 5.41. The van der Waals surface area contributed by atoms with Gasteiger partial charge in [-0.1, -0.05) is 24.3 Å². The Balaban J connectivity index is 0.000000810. The summed E-state index contributed by atoms with van der Waals surface area (Å²) in [5.74, 6) is 0. The zero-order valence-electron chi connectivity index (χ0n) is 5.75. The van der Waals surface area contributed by atoms with Crippen molar-refractivity contribution in [3.05, 3.63) is 29.8 Å². The molecule has 1 atom stereocenters. The molecule has 0 heterocycles. The Bertz CT molecular complexity index is 203. The van der Waals surface area contributed by atoms with Crippen molar-refractivity contribution in [2.75, 3.05) is 0 Å². The highest BCUT2D eigenvalue weighted by atomic mass is 31.0. The minimum absolute atomic E-state index is 0. The van der Waals surface area contributed by atoms with Crippen LogP contribution >= 0.6 is 9.24 Å². The number of hydrogen-bond acceptors (Lipinski definition) is 1. The molecule has 3 radical (unpaired) electrons. The van der Waals surface area contributed by atoms with E-state index in [9.17, 15) is 0 Å². The Morgan fingerprint density at radius 1 is 1.40 bits per heavy atom. The van der Waals surface area contributed by atoms with Gasteiger partial charge in [0.25, 0.3) is 0 Å². The number of nitrogens with two attached hydrogens (primary N) is 1. The maximum atomic E-state index is 5.41. The minimum Gasteiger partial charge on any atom is -0.326 e. The smallest absolute Gasteiger partial charge is 0.0178 e. The lowest BCUT2D eigenvalue weighted by Crippen LogP contribution is -1.99. The minimum atomic E-state index is 0. The molecule has 1 aromatic rings. The van der Waals surface area contributed by atoms with Gasteiger partial charge in [-0.05, 0) is 10.9 Å². The molecule has 0 saturated heterocycles. The Labute approximate surface area is 65.8 Å². The van der Waals surface area contributed by atoms with E-state index in [0.29, 0.717) is 6.54 Å². The van der Waals surface area contributed by atoms with E-state index in [-0.39, 0.29) is 8.41 Å². The molecular formula is C7H10BNP. The number of rotatable bonds is 1. The summed E-state index contributed by atoms with van der Waals surface area (Å²) >= 11 is 0. The van der Waals surface area contributed by atoms with Crippen LogP contribution in [0.3, 0.4) is 0 Å². The van der Waals surface area contributed by atoms with Crippen LogP contribution in [-0.4, -0.2) is 8.41 Å². The molecule has 0 saturated carbocycles. The molecule has 0 bridgehead atoms. The van der Waals surface area contributed by atoms with Crippen molar-refractivity contribution in [1.82, 2.24) is 0 Å². The van der Waals surface area contributed by atoms with Gasteiger partial charge in [0.05, 0.1) is 0 Å². The lowest BCUT2D eigenvalue weighted by molar-refractivity contribution is 1.07. The second-order valence-electron chi connectivity index (χ2n) is 1.95. The van der Waals surface area contributed by atoms with E-state index in [1.807, 2.05) is 18.2 Å². The van der Waals surface area contributed by atoms with Crippen LogP contribution in [0, 0.1) is 0 Å². The summed E-state index contributed by atoms with van der Waals surface area (Å²) < 4.78 is 0. The van der Waals surface area contributed by atoms with Gasteiger partial charge in [0.15, 0.2) is 0 Å². The van der Waals surface area contributed by atoms with E-state index < -0.39 is 0 Å². The van der Waals surface area contributed by atoms with Gasteiger partial charge in [-0.25, -0.2) is 0 Å². The molecule has 1 unspecified atom stereocenters. The van der Waals surface area contributed by atoms with Gasteiger partial charge in [-0.15, -0.1) is 9.24 Å². The van der Waals surface area contributed by atoms with Crippen LogP contribution in [0.1, 0.15) is 5.56 Å². The predicted octanol–water partition coefficient (Wildman–Crippen LogP) is 0.265. The average Bonchev–Trinajstić information content (AvgIpc) is 1.88. The molecule has 0 fully saturated rings. The highest BCUT2D eigenvalue weighted by molar-refractivity contribution is 7.27. The molecule has 1 rings (SSSR count). The molecule has 3 heteroatoms. The first-order chi connectivity index (χ1) is 4.33. The largest absolute Gasteiger partial charge is 0.326 e. The third-order valence-electron chi connectivity index (χ3n) is 1.19. The van der Waals surface area contributed by atoms with Crippen LogP contribution < -0.4 is 11.0 Å². The Kier molecular flexibility index (Phi) is 4.34. The van der Waals surface area contributed by atoms with E-state index in [1.165, 1.54) is 10.9 Å². The lowest BCUT2D eigenvalue weighted by Gasteiger charge is -1.95. The maximum Gasteiger partial charge on any atom is 0.0178 e. The fourth-order valence-corrected chi connectivity index (χ4v) is 1.05. The number of hydrogen-bond donors (Lipinski definition) is 1. The predicted molar refractivity (Wildman–Crippen MR) is 49.4 cm³/mol. The number of benzene rings is 1. The molecule has 0 aromatic heterocycles. The van der Waals surface area contributed by atoms with E-state index in [2.05, 4.69) is 15.3 Å². The molecular weight excluding hydrogens is 140 g/mol. The lowest BCUT2D eigenvalue weighted by atomic mass is 10.2. The first-order valence-electron chi connectivity index (χ1n) is 2.87. The topological polar surface area (TPSA) is 26.0 Å². The molecule has 1 nitrogen and oxygen atoms in total. The molecule has 1 aromatic carbocycles. The zero-order valence-corrected chi connectivity index (χ0v) is 6.90. The molecule has 2 N–H and O–H groups in total.